The third-order valence-corrected chi connectivity index (χ3v) is 2.67. The van der Waals surface area contributed by atoms with Crippen LogP contribution < -0.4 is 11.1 Å². The van der Waals surface area contributed by atoms with Crippen LogP contribution in [0.1, 0.15) is 15.9 Å². The highest BCUT2D eigenvalue weighted by Crippen LogP contribution is 2.13. The fourth-order valence-electron chi connectivity index (χ4n) is 1.69. The smallest absolute Gasteiger partial charge is 0.258 e. The van der Waals surface area contributed by atoms with Crippen LogP contribution in [0.5, 0.6) is 0 Å². The molecule has 0 unspecified atom stereocenters. The summed E-state index contributed by atoms with van der Waals surface area (Å²) in [6.07, 6.45) is 0. The monoisotopic (exact) mass is 289 g/mol. The Bertz CT molecular complexity index is 714. The zero-order valence-electron chi connectivity index (χ0n) is 11.2. The summed E-state index contributed by atoms with van der Waals surface area (Å²) in [6, 6.07) is 10.0. The van der Waals surface area contributed by atoms with E-state index >= 15 is 0 Å². The van der Waals surface area contributed by atoms with Gasteiger partial charge in [0, 0.05) is 5.56 Å². The van der Waals surface area contributed by atoms with Crippen molar-refractivity contribution in [3.8, 4) is 0 Å². The van der Waals surface area contributed by atoms with Crippen LogP contribution in [-0.2, 0) is 0 Å². The van der Waals surface area contributed by atoms with Crippen LogP contribution in [-0.4, -0.2) is 11.9 Å². The molecule has 0 fully saturated rings. The van der Waals surface area contributed by atoms with E-state index in [9.17, 15) is 13.6 Å². The minimum absolute atomic E-state index is 0.0451. The molecule has 0 atom stereocenters. The normalized spacial score (nSPS) is 11.3. The van der Waals surface area contributed by atoms with Crippen molar-refractivity contribution in [2.45, 2.75) is 6.92 Å². The topological polar surface area (TPSA) is 67.5 Å². The number of nitrogens with two attached hydrogens (primary N) is 1. The quantitative estimate of drug-likeness (QED) is 0.659. The van der Waals surface area contributed by atoms with Gasteiger partial charge in [-0.25, -0.2) is 13.8 Å². The van der Waals surface area contributed by atoms with Gasteiger partial charge in [-0.15, -0.1) is 0 Å². The van der Waals surface area contributed by atoms with Crippen LogP contribution in [0.4, 0.5) is 14.5 Å². The van der Waals surface area contributed by atoms with Gasteiger partial charge in [0.2, 0.25) is 5.96 Å². The summed E-state index contributed by atoms with van der Waals surface area (Å²) in [4.78, 5) is 15.8. The Balaban J connectivity index is 2.13. The molecular weight excluding hydrogens is 276 g/mol. The zero-order chi connectivity index (χ0) is 15.4. The average Bonchev–Trinajstić information content (AvgIpc) is 2.41. The number of aryl methyl sites for hydroxylation is 1. The lowest BCUT2D eigenvalue weighted by molar-refractivity contribution is 0.0976. The van der Waals surface area contributed by atoms with Crippen LogP contribution in [0.25, 0.3) is 0 Å². The molecule has 0 heterocycles. The van der Waals surface area contributed by atoms with Crippen molar-refractivity contribution >= 4 is 17.6 Å². The second-order valence-corrected chi connectivity index (χ2v) is 4.42. The van der Waals surface area contributed by atoms with Crippen LogP contribution >= 0.6 is 0 Å². The van der Waals surface area contributed by atoms with Gasteiger partial charge in [-0.3, -0.25) is 10.1 Å². The van der Waals surface area contributed by atoms with Crippen LogP contribution in [0, 0.1) is 18.6 Å². The Hall–Kier alpha value is -2.76. The van der Waals surface area contributed by atoms with Crippen molar-refractivity contribution in [2.75, 3.05) is 0 Å². The molecule has 0 bridgehead atoms. The average molecular weight is 289 g/mol. The number of carbonyl (C=O) groups is 1. The van der Waals surface area contributed by atoms with E-state index in [2.05, 4.69) is 10.3 Å². The Morgan fingerprint density at radius 3 is 2.57 bits per heavy atom. The first-order valence-corrected chi connectivity index (χ1v) is 6.13. The molecule has 108 valence electrons. The maximum absolute atomic E-state index is 13.1. The highest BCUT2D eigenvalue weighted by Gasteiger charge is 2.10. The van der Waals surface area contributed by atoms with Gasteiger partial charge in [0.15, 0.2) is 11.6 Å². The fraction of sp³-hybridized carbons (Fsp3) is 0.0667. The van der Waals surface area contributed by atoms with Crippen molar-refractivity contribution < 1.29 is 13.6 Å². The minimum Gasteiger partial charge on any atom is -0.369 e. The number of hydrogen-bond donors (Lipinski definition) is 2. The SMILES string of the molecule is Cc1cccc(N=C(N)NC(=O)c2ccc(F)c(F)c2)c1. The van der Waals surface area contributed by atoms with Gasteiger partial charge in [0.25, 0.3) is 5.91 Å². The number of carbonyl (C=O) groups excluding carboxylic acids is 1. The lowest BCUT2D eigenvalue weighted by atomic mass is 10.2. The van der Waals surface area contributed by atoms with E-state index in [1.807, 2.05) is 13.0 Å². The molecule has 0 aliphatic carbocycles. The molecule has 1 amide bonds. The lowest BCUT2D eigenvalue weighted by Gasteiger charge is -2.05. The molecule has 0 spiro atoms. The summed E-state index contributed by atoms with van der Waals surface area (Å²) in [5.41, 5.74) is 7.14. The van der Waals surface area contributed by atoms with E-state index in [-0.39, 0.29) is 11.5 Å². The summed E-state index contributed by atoms with van der Waals surface area (Å²) in [6.45, 7) is 1.90. The number of nitrogens with one attached hydrogen (secondary N) is 1. The second-order valence-electron chi connectivity index (χ2n) is 4.42. The van der Waals surface area contributed by atoms with E-state index in [1.54, 1.807) is 18.2 Å². The lowest BCUT2D eigenvalue weighted by Crippen LogP contribution is -2.36. The molecule has 2 aromatic carbocycles. The number of rotatable bonds is 2. The van der Waals surface area contributed by atoms with Crippen molar-refractivity contribution in [1.29, 1.82) is 0 Å². The molecule has 0 saturated carbocycles. The molecule has 0 aromatic heterocycles. The van der Waals surface area contributed by atoms with Crippen LogP contribution in [0.15, 0.2) is 47.5 Å². The standard InChI is InChI=1S/C15H13F2N3O/c1-9-3-2-4-11(7-9)19-15(18)20-14(21)10-5-6-12(16)13(17)8-10/h2-8H,1H3,(H3,18,19,20,21). The molecule has 0 radical (unpaired) electrons. The van der Waals surface area contributed by atoms with Gasteiger partial charge >= 0.3 is 0 Å². The Labute approximate surface area is 120 Å². The number of nitrogens with zero attached hydrogens (tertiary/aromatic N) is 1. The molecule has 2 rings (SSSR count). The third-order valence-electron chi connectivity index (χ3n) is 2.67. The van der Waals surface area contributed by atoms with E-state index in [0.717, 1.165) is 23.8 Å². The van der Waals surface area contributed by atoms with Gasteiger partial charge in [-0.2, -0.15) is 0 Å². The van der Waals surface area contributed by atoms with Gasteiger partial charge in [-0.1, -0.05) is 12.1 Å². The van der Waals surface area contributed by atoms with Crippen molar-refractivity contribution in [3.63, 3.8) is 0 Å². The van der Waals surface area contributed by atoms with E-state index < -0.39 is 17.5 Å². The van der Waals surface area contributed by atoms with E-state index in [0.29, 0.717) is 5.69 Å². The van der Waals surface area contributed by atoms with Crippen LogP contribution in [0.3, 0.4) is 0 Å². The summed E-state index contributed by atoms with van der Waals surface area (Å²) >= 11 is 0. The third kappa shape index (κ3) is 3.85. The summed E-state index contributed by atoms with van der Waals surface area (Å²) in [7, 11) is 0. The second kappa shape index (κ2) is 6.13. The van der Waals surface area contributed by atoms with Gasteiger partial charge in [0.1, 0.15) is 0 Å². The molecule has 0 saturated heterocycles. The maximum atomic E-state index is 13.1. The van der Waals surface area contributed by atoms with Crippen molar-refractivity contribution in [3.05, 3.63) is 65.2 Å². The molecule has 2 aromatic rings. The maximum Gasteiger partial charge on any atom is 0.258 e. The molecule has 0 aliphatic heterocycles. The predicted molar refractivity (Wildman–Crippen MR) is 76.3 cm³/mol. The molecule has 3 N–H and O–H groups in total. The van der Waals surface area contributed by atoms with E-state index in [1.165, 1.54) is 0 Å². The molecule has 21 heavy (non-hydrogen) atoms. The number of benzene rings is 2. The Kier molecular flexibility index (Phi) is 4.27. The number of aliphatic imine (C=N–C) groups is 1. The summed E-state index contributed by atoms with van der Waals surface area (Å²) < 4.78 is 25.8. The van der Waals surface area contributed by atoms with E-state index in [4.69, 9.17) is 5.73 Å². The van der Waals surface area contributed by atoms with Crippen molar-refractivity contribution in [2.24, 2.45) is 10.7 Å². The summed E-state index contributed by atoms with van der Waals surface area (Å²) in [5.74, 6) is -2.91. The molecule has 4 nitrogen and oxygen atoms in total. The van der Waals surface area contributed by atoms with Gasteiger partial charge < -0.3 is 5.73 Å². The van der Waals surface area contributed by atoms with Gasteiger partial charge in [-0.05, 0) is 42.8 Å². The zero-order valence-corrected chi connectivity index (χ0v) is 11.2. The summed E-state index contributed by atoms with van der Waals surface area (Å²) in [5, 5.41) is 2.31. The van der Waals surface area contributed by atoms with Gasteiger partial charge in [0.05, 0.1) is 5.69 Å². The van der Waals surface area contributed by atoms with Crippen molar-refractivity contribution in [1.82, 2.24) is 5.32 Å². The number of hydrogen-bond acceptors (Lipinski definition) is 2. The largest absolute Gasteiger partial charge is 0.369 e. The first-order valence-electron chi connectivity index (χ1n) is 6.13. The van der Waals surface area contributed by atoms with Crippen LogP contribution in [0.2, 0.25) is 0 Å². The number of guanidine groups is 1. The molecule has 6 heteroatoms. The fourth-order valence-corrected chi connectivity index (χ4v) is 1.69. The molecule has 0 aliphatic rings. The predicted octanol–water partition coefficient (Wildman–Crippen LogP) is 2.65. The number of halogens is 2. The Morgan fingerprint density at radius 2 is 1.90 bits per heavy atom. The first kappa shape index (κ1) is 14.6. The highest BCUT2D eigenvalue weighted by atomic mass is 19.2. The number of amides is 1. The molecular formula is C15H13F2N3O. The minimum atomic E-state index is -1.10. The first-order chi connectivity index (χ1) is 9.95. The Morgan fingerprint density at radius 1 is 1.14 bits per heavy atom. The highest BCUT2D eigenvalue weighted by molar-refractivity contribution is 6.05.